The predicted molar refractivity (Wildman–Crippen MR) is 78.2 cm³/mol. The van der Waals surface area contributed by atoms with Gasteiger partial charge < -0.3 is 4.98 Å². The summed E-state index contributed by atoms with van der Waals surface area (Å²) in [5, 5.41) is 1.78. The van der Waals surface area contributed by atoms with Crippen LogP contribution < -0.4 is 5.56 Å². The van der Waals surface area contributed by atoms with Crippen molar-refractivity contribution in [3.05, 3.63) is 48.5 Å². The van der Waals surface area contributed by atoms with Crippen molar-refractivity contribution < 1.29 is 0 Å². The van der Waals surface area contributed by atoms with Gasteiger partial charge in [0.1, 0.15) is 8.60 Å². The number of hydrogen-bond acceptors (Lipinski definition) is 3. The number of hydrogen-bond donors (Lipinski definition) is 1. The number of aromatic nitrogens is 2. The lowest BCUT2D eigenvalue weighted by Crippen LogP contribution is -2.10. The summed E-state index contributed by atoms with van der Waals surface area (Å²) in [6.07, 6.45) is 1.37. The highest BCUT2D eigenvalue weighted by atomic mass is 127. The van der Waals surface area contributed by atoms with Gasteiger partial charge in [0.05, 0.1) is 11.3 Å². The van der Waals surface area contributed by atoms with E-state index in [0.717, 1.165) is 4.90 Å². The molecule has 1 heterocycles. The molecule has 17 heavy (non-hydrogen) atoms. The summed E-state index contributed by atoms with van der Waals surface area (Å²) in [4.78, 5) is 18.8. The maximum atomic E-state index is 11.4. The number of rotatable bonds is 2. The zero-order valence-electron chi connectivity index (χ0n) is 8.21. The fourth-order valence-corrected chi connectivity index (χ4v) is 3.04. The summed E-state index contributed by atoms with van der Waals surface area (Å²) in [5.74, 6) is 0. The molecule has 0 aliphatic heterocycles. The van der Waals surface area contributed by atoms with Crippen molar-refractivity contribution in [3.63, 3.8) is 0 Å². The van der Waals surface area contributed by atoms with Crippen LogP contribution in [0.1, 0.15) is 0 Å². The highest BCUT2D eigenvalue weighted by molar-refractivity contribution is 14.1. The first-order valence-electron chi connectivity index (χ1n) is 4.44. The molecule has 0 aliphatic carbocycles. The van der Waals surface area contributed by atoms with E-state index in [1.807, 2.05) is 22.6 Å². The van der Waals surface area contributed by atoms with E-state index in [1.54, 1.807) is 18.2 Å². The lowest BCUT2D eigenvalue weighted by Gasteiger charge is -2.04. The molecule has 88 valence electrons. The Bertz CT molecular complexity index is 617. The van der Waals surface area contributed by atoms with Crippen LogP contribution in [0.4, 0.5) is 0 Å². The van der Waals surface area contributed by atoms with Crippen molar-refractivity contribution in [1.82, 2.24) is 9.97 Å². The Balaban J connectivity index is 2.41. The van der Waals surface area contributed by atoms with E-state index in [4.69, 9.17) is 23.2 Å². The Kier molecular flexibility index (Phi) is 4.35. The van der Waals surface area contributed by atoms with Gasteiger partial charge in [0, 0.05) is 9.92 Å². The van der Waals surface area contributed by atoms with E-state index >= 15 is 0 Å². The van der Waals surface area contributed by atoms with Crippen molar-refractivity contribution >= 4 is 57.6 Å². The van der Waals surface area contributed by atoms with Gasteiger partial charge in [0.2, 0.25) is 0 Å². The molecule has 0 radical (unpaired) electrons. The van der Waals surface area contributed by atoms with Crippen molar-refractivity contribution in [2.24, 2.45) is 0 Å². The zero-order valence-corrected chi connectivity index (χ0v) is 12.7. The molecule has 0 saturated carbocycles. The quantitative estimate of drug-likeness (QED) is 0.617. The third-order valence-corrected chi connectivity index (χ3v) is 4.97. The summed E-state index contributed by atoms with van der Waals surface area (Å²) in [5.41, 5.74) is -0.166. The summed E-state index contributed by atoms with van der Waals surface area (Å²) in [6, 6.07) is 5.17. The number of aromatic amines is 1. The molecule has 0 bridgehead atoms. The Labute approximate surface area is 125 Å². The Hall–Kier alpha value is -0.240. The summed E-state index contributed by atoms with van der Waals surface area (Å²) < 4.78 is 0.533. The van der Waals surface area contributed by atoms with Crippen molar-refractivity contribution in [3.8, 4) is 0 Å². The molecule has 1 N–H and O–H groups in total. The molecule has 0 amide bonds. The van der Waals surface area contributed by atoms with Gasteiger partial charge in [-0.15, -0.1) is 0 Å². The standard InChI is InChI=1S/C10H5Cl2IN2OS/c11-5-1-2-6(12)7(3-5)17-10-8(13)9(16)14-4-15-10/h1-4H,(H,14,15,16). The number of nitrogens with zero attached hydrogens (tertiary/aromatic N) is 1. The SMILES string of the molecule is O=c1[nH]cnc(Sc2cc(Cl)ccc2Cl)c1I. The molecule has 0 spiro atoms. The Morgan fingerprint density at radius 2 is 2.12 bits per heavy atom. The maximum Gasteiger partial charge on any atom is 0.265 e. The van der Waals surface area contributed by atoms with Crippen LogP contribution in [0, 0.1) is 3.57 Å². The van der Waals surface area contributed by atoms with E-state index in [0.29, 0.717) is 18.6 Å². The largest absolute Gasteiger partial charge is 0.312 e. The van der Waals surface area contributed by atoms with Crippen LogP contribution in [-0.2, 0) is 0 Å². The monoisotopic (exact) mass is 398 g/mol. The number of nitrogens with one attached hydrogen (secondary N) is 1. The van der Waals surface area contributed by atoms with Crippen molar-refractivity contribution in [2.75, 3.05) is 0 Å². The minimum absolute atomic E-state index is 0.166. The second kappa shape index (κ2) is 5.60. The van der Waals surface area contributed by atoms with Crippen LogP contribution >= 0.6 is 57.6 Å². The lowest BCUT2D eigenvalue weighted by atomic mass is 10.4. The molecule has 3 nitrogen and oxygen atoms in total. The van der Waals surface area contributed by atoms with Crippen LogP contribution in [-0.4, -0.2) is 9.97 Å². The minimum Gasteiger partial charge on any atom is -0.312 e. The average molecular weight is 399 g/mol. The highest BCUT2D eigenvalue weighted by Gasteiger charge is 2.10. The van der Waals surface area contributed by atoms with E-state index in [-0.39, 0.29) is 5.56 Å². The minimum atomic E-state index is -0.166. The van der Waals surface area contributed by atoms with Crippen LogP contribution in [0.3, 0.4) is 0 Å². The Morgan fingerprint density at radius 1 is 1.35 bits per heavy atom. The average Bonchev–Trinajstić information content (AvgIpc) is 2.30. The second-order valence-electron chi connectivity index (χ2n) is 3.03. The van der Waals surface area contributed by atoms with Gasteiger partial charge in [-0.05, 0) is 40.8 Å². The molecule has 0 aliphatic rings. The smallest absolute Gasteiger partial charge is 0.265 e. The molecule has 1 aromatic carbocycles. The van der Waals surface area contributed by atoms with Gasteiger partial charge in [-0.3, -0.25) is 4.79 Å². The first kappa shape index (κ1) is 13.2. The zero-order chi connectivity index (χ0) is 12.4. The first-order valence-corrected chi connectivity index (χ1v) is 7.09. The van der Waals surface area contributed by atoms with Crippen LogP contribution in [0.5, 0.6) is 0 Å². The molecule has 0 unspecified atom stereocenters. The molecular weight excluding hydrogens is 394 g/mol. The fraction of sp³-hybridized carbons (Fsp3) is 0. The highest BCUT2D eigenvalue weighted by Crippen LogP contribution is 2.34. The Morgan fingerprint density at radius 3 is 2.88 bits per heavy atom. The molecule has 1 aromatic heterocycles. The second-order valence-corrected chi connectivity index (χ2v) is 5.98. The predicted octanol–water partition coefficient (Wildman–Crippen LogP) is 3.83. The number of benzene rings is 1. The van der Waals surface area contributed by atoms with Crippen LogP contribution in [0.15, 0.2) is 39.2 Å². The van der Waals surface area contributed by atoms with E-state index in [2.05, 4.69) is 9.97 Å². The van der Waals surface area contributed by atoms with Crippen LogP contribution in [0.2, 0.25) is 10.0 Å². The molecule has 7 heteroatoms. The normalized spacial score (nSPS) is 10.5. The van der Waals surface area contributed by atoms with Crippen molar-refractivity contribution in [1.29, 1.82) is 0 Å². The van der Waals surface area contributed by atoms with E-state index < -0.39 is 0 Å². The van der Waals surface area contributed by atoms with Gasteiger partial charge in [-0.25, -0.2) is 4.98 Å². The summed E-state index contributed by atoms with van der Waals surface area (Å²) >= 11 is 15.2. The molecule has 0 saturated heterocycles. The third kappa shape index (κ3) is 3.15. The van der Waals surface area contributed by atoms with E-state index in [1.165, 1.54) is 18.1 Å². The summed E-state index contributed by atoms with van der Waals surface area (Å²) in [6.45, 7) is 0. The van der Waals surface area contributed by atoms with E-state index in [9.17, 15) is 4.79 Å². The number of halogens is 3. The lowest BCUT2D eigenvalue weighted by molar-refractivity contribution is 0.988. The molecule has 0 atom stereocenters. The van der Waals surface area contributed by atoms with Gasteiger partial charge in [0.15, 0.2) is 0 Å². The summed E-state index contributed by atoms with van der Waals surface area (Å²) in [7, 11) is 0. The molecule has 2 aromatic rings. The van der Waals surface area contributed by atoms with Gasteiger partial charge >= 0.3 is 0 Å². The molecule has 0 fully saturated rings. The fourth-order valence-electron chi connectivity index (χ4n) is 1.10. The first-order chi connectivity index (χ1) is 8.08. The third-order valence-electron chi connectivity index (χ3n) is 1.86. The maximum absolute atomic E-state index is 11.4. The molecule has 2 rings (SSSR count). The van der Waals surface area contributed by atoms with Crippen molar-refractivity contribution in [2.45, 2.75) is 9.92 Å². The van der Waals surface area contributed by atoms with Crippen LogP contribution in [0.25, 0.3) is 0 Å². The molecular formula is C10H5Cl2IN2OS. The van der Waals surface area contributed by atoms with Gasteiger partial charge in [-0.1, -0.05) is 35.0 Å². The topological polar surface area (TPSA) is 45.8 Å². The van der Waals surface area contributed by atoms with Gasteiger partial charge in [-0.2, -0.15) is 0 Å². The van der Waals surface area contributed by atoms with Gasteiger partial charge in [0.25, 0.3) is 5.56 Å². The number of H-pyrrole nitrogens is 1.